The van der Waals surface area contributed by atoms with Crippen LogP contribution in [0, 0.1) is 0 Å². The van der Waals surface area contributed by atoms with Crippen LogP contribution in [0.3, 0.4) is 0 Å². The van der Waals surface area contributed by atoms with Gasteiger partial charge in [-0.2, -0.15) is 0 Å². The van der Waals surface area contributed by atoms with Crippen molar-refractivity contribution < 1.29 is 9.90 Å². The molecule has 0 amide bonds. The van der Waals surface area contributed by atoms with Gasteiger partial charge in [0.25, 0.3) is 0 Å². The Hall–Kier alpha value is -0.610. The minimum atomic E-state index is -0.778. The Kier molecular flexibility index (Phi) is 5.66. The molecule has 0 spiro atoms. The third-order valence-corrected chi connectivity index (χ3v) is 2.30. The number of hydrogen-bond donors (Lipinski definition) is 2. The molecule has 13 heavy (non-hydrogen) atoms. The van der Waals surface area contributed by atoms with Gasteiger partial charge in [0.15, 0.2) is 0 Å². The van der Waals surface area contributed by atoms with Crippen LogP contribution < -0.4 is 5.32 Å². The fourth-order valence-electron chi connectivity index (χ4n) is 0.982. The van der Waals surface area contributed by atoms with Gasteiger partial charge < -0.3 is 15.3 Å². The SMILES string of the molecule is CNC(CCN(C)C(C)C)C(=O)O. The van der Waals surface area contributed by atoms with Crippen LogP contribution in [0.15, 0.2) is 0 Å². The quantitative estimate of drug-likeness (QED) is 0.633. The van der Waals surface area contributed by atoms with E-state index in [1.807, 2.05) is 7.05 Å². The summed E-state index contributed by atoms with van der Waals surface area (Å²) in [7, 11) is 3.67. The molecule has 1 unspecified atom stereocenters. The minimum Gasteiger partial charge on any atom is -0.480 e. The molecule has 4 nitrogen and oxygen atoms in total. The van der Waals surface area contributed by atoms with Crippen LogP contribution in [0.2, 0.25) is 0 Å². The highest BCUT2D eigenvalue weighted by atomic mass is 16.4. The summed E-state index contributed by atoms with van der Waals surface area (Å²) in [6.07, 6.45) is 0.639. The lowest BCUT2D eigenvalue weighted by molar-refractivity contribution is -0.139. The number of carboxylic acid groups (broad SMARTS) is 1. The topological polar surface area (TPSA) is 52.6 Å². The van der Waals surface area contributed by atoms with Crippen molar-refractivity contribution in [3.63, 3.8) is 0 Å². The molecule has 0 saturated carbocycles. The lowest BCUT2D eigenvalue weighted by Gasteiger charge is -2.22. The van der Waals surface area contributed by atoms with E-state index >= 15 is 0 Å². The Bertz CT molecular complexity index is 160. The highest BCUT2D eigenvalue weighted by molar-refractivity contribution is 5.73. The normalized spacial score (nSPS) is 13.7. The molecule has 0 bridgehead atoms. The predicted molar refractivity (Wildman–Crippen MR) is 52.9 cm³/mol. The second-order valence-electron chi connectivity index (χ2n) is 3.54. The average Bonchev–Trinajstić information content (AvgIpc) is 2.04. The Balaban J connectivity index is 3.78. The molecule has 78 valence electrons. The standard InChI is InChI=1S/C9H20N2O2/c1-7(2)11(4)6-5-8(10-3)9(12)13/h7-8,10H,5-6H2,1-4H3,(H,12,13). The smallest absolute Gasteiger partial charge is 0.320 e. The highest BCUT2D eigenvalue weighted by Crippen LogP contribution is 1.98. The average molecular weight is 188 g/mol. The molecule has 1 atom stereocenters. The zero-order valence-electron chi connectivity index (χ0n) is 8.87. The third-order valence-electron chi connectivity index (χ3n) is 2.30. The first-order valence-electron chi connectivity index (χ1n) is 4.59. The van der Waals surface area contributed by atoms with Gasteiger partial charge in [-0.05, 0) is 34.4 Å². The fraction of sp³-hybridized carbons (Fsp3) is 0.889. The zero-order valence-corrected chi connectivity index (χ0v) is 8.87. The van der Waals surface area contributed by atoms with Crippen molar-refractivity contribution in [2.45, 2.75) is 32.4 Å². The summed E-state index contributed by atoms with van der Waals surface area (Å²) in [4.78, 5) is 12.8. The first kappa shape index (κ1) is 12.4. The van der Waals surface area contributed by atoms with Gasteiger partial charge in [-0.1, -0.05) is 0 Å². The maximum Gasteiger partial charge on any atom is 0.320 e. The van der Waals surface area contributed by atoms with Gasteiger partial charge in [0.1, 0.15) is 6.04 Å². The molecule has 0 aliphatic heterocycles. The molecule has 0 aromatic heterocycles. The molecule has 0 radical (unpaired) electrons. The number of nitrogens with zero attached hydrogens (tertiary/aromatic N) is 1. The molecule has 0 aromatic carbocycles. The maximum atomic E-state index is 10.6. The monoisotopic (exact) mass is 188 g/mol. The van der Waals surface area contributed by atoms with Gasteiger partial charge in [-0.25, -0.2) is 0 Å². The van der Waals surface area contributed by atoms with Crippen LogP contribution in [0.5, 0.6) is 0 Å². The first-order valence-corrected chi connectivity index (χ1v) is 4.59. The molecule has 0 aliphatic rings. The number of carboxylic acids is 1. The van der Waals surface area contributed by atoms with E-state index in [9.17, 15) is 4.79 Å². The lowest BCUT2D eigenvalue weighted by Crippen LogP contribution is -2.38. The Labute approximate surface area is 79.9 Å². The Morgan fingerprint density at radius 3 is 2.38 bits per heavy atom. The molecular weight excluding hydrogens is 168 g/mol. The molecule has 0 rings (SSSR count). The van der Waals surface area contributed by atoms with E-state index in [1.165, 1.54) is 0 Å². The van der Waals surface area contributed by atoms with Gasteiger partial charge in [-0.15, -0.1) is 0 Å². The second-order valence-corrected chi connectivity index (χ2v) is 3.54. The maximum absolute atomic E-state index is 10.6. The van der Waals surface area contributed by atoms with Crippen molar-refractivity contribution in [3.05, 3.63) is 0 Å². The van der Waals surface area contributed by atoms with Crippen molar-refractivity contribution in [3.8, 4) is 0 Å². The first-order chi connectivity index (χ1) is 5.99. The number of likely N-dealkylation sites (N-methyl/N-ethyl adjacent to an activating group) is 1. The van der Waals surface area contributed by atoms with E-state index in [2.05, 4.69) is 24.1 Å². The van der Waals surface area contributed by atoms with Crippen molar-refractivity contribution in [1.82, 2.24) is 10.2 Å². The summed E-state index contributed by atoms with van der Waals surface area (Å²) in [6.45, 7) is 4.99. The van der Waals surface area contributed by atoms with Crippen LogP contribution in [0.1, 0.15) is 20.3 Å². The van der Waals surface area contributed by atoms with Crippen molar-refractivity contribution in [2.75, 3.05) is 20.6 Å². The van der Waals surface area contributed by atoms with E-state index in [-0.39, 0.29) is 0 Å². The summed E-state index contributed by atoms with van der Waals surface area (Å²) in [6, 6.07) is 0.0347. The number of nitrogens with one attached hydrogen (secondary N) is 1. The summed E-state index contributed by atoms with van der Waals surface area (Å²) < 4.78 is 0. The van der Waals surface area contributed by atoms with Crippen molar-refractivity contribution in [1.29, 1.82) is 0 Å². The Morgan fingerprint density at radius 2 is 2.08 bits per heavy atom. The van der Waals surface area contributed by atoms with Crippen molar-refractivity contribution >= 4 is 5.97 Å². The molecule has 0 aromatic rings. The summed E-state index contributed by atoms with van der Waals surface area (Å²) in [5, 5.41) is 11.5. The van der Waals surface area contributed by atoms with Gasteiger partial charge in [0.05, 0.1) is 0 Å². The number of aliphatic carboxylic acids is 1. The predicted octanol–water partition coefficient (Wildman–Crippen LogP) is 0.389. The van der Waals surface area contributed by atoms with E-state index in [1.54, 1.807) is 7.05 Å². The third kappa shape index (κ3) is 4.85. The number of hydrogen-bond acceptors (Lipinski definition) is 3. The van der Waals surface area contributed by atoms with Gasteiger partial charge >= 0.3 is 5.97 Å². The van der Waals surface area contributed by atoms with E-state index in [0.29, 0.717) is 12.5 Å². The van der Waals surface area contributed by atoms with E-state index in [4.69, 9.17) is 5.11 Å². The highest BCUT2D eigenvalue weighted by Gasteiger charge is 2.15. The van der Waals surface area contributed by atoms with Crippen LogP contribution in [-0.2, 0) is 4.79 Å². The molecule has 4 heteroatoms. The van der Waals surface area contributed by atoms with Gasteiger partial charge in [0.2, 0.25) is 0 Å². The van der Waals surface area contributed by atoms with Crippen LogP contribution in [-0.4, -0.2) is 48.7 Å². The molecule has 0 heterocycles. The number of rotatable bonds is 6. The van der Waals surface area contributed by atoms with E-state index < -0.39 is 12.0 Å². The molecular formula is C9H20N2O2. The summed E-state index contributed by atoms with van der Waals surface area (Å²) in [5.74, 6) is -0.778. The summed E-state index contributed by atoms with van der Waals surface area (Å²) in [5.41, 5.74) is 0. The van der Waals surface area contributed by atoms with Gasteiger partial charge in [0, 0.05) is 12.6 Å². The summed E-state index contributed by atoms with van der Waals surface area (Å²) >= 11 is 0. The minimum absolute atomic E-state index is 0.429. The molecule has 0 saturated heterocycles. The van der Waals surface area contributed by atoms with Crippen LogP contribution in [0.25, 0.3) is 0 Å². The lowest BCUT2D eigenvalue weighted by atomic mass is 10.2. The molecule has 0 aliphatic carbocycles. The van der Waals surface area contributed by atoms with Gasteiger partial charge in [-0.3, -0.25) is 4.79 Å². The Morgan fingerprint density at radius 1 is 1.54 bits per heavy atom. The second kappa shape index (κ2) is 5.94. The molecule has 0 fully saturated rings. The van der Waals surface area contributed by atoms with E-state index in [0.717, 1.165) is 6.54 Å². The fourth-order valence-corrected chi connectivity index (χ4v) is 0.982. The van der Waals surface area contributed by atoms with Crippen molar-refractivity contribution in [2.24, 2.45) is 0 Å². The van der Waals surface area contributed by atoms with Crippen LogP contribution in [0.4, 0.5) is 0 Å². The molecule has 2 N–H and O–H groups in total. The largest absolute Gasteiger partial charge is 0.480 e. The van der Waals surface area contributed by atoms with Crippen LogP contribution >= 0.6 is 0 Å². The number of carbonyl (C=O) groups is 1. The zero-order chi connectivity index (χ0) is 10.4.